The monoisotopic (exact) mass is 476 g/mol. The summed E-state index contributed by atoms with van der Waals surface area (Å²) in [6, 6.07) is 4.21. The Morgan fingerprint density at radius 3 is 2.92 bits per heavy atom. The molecule has 132 valence electrons. The zero-order valence-corrected chi connectivity index (χ0v) is 18.0. The lowest BCUT2D eigenvalue weighted by Gasteiger charge is -2.10. The Labute approximate surface area is 169 Å². The molecule has 0 aromatic carbocycles. The quantitative estimate of drug-likeness (QED) is 0.287. The molecular formula is C17H25IN4S2. The number of thiazole rings is 1. The molecule has 4 nitrogen and oxygen atoms in total. The van der Waals surface area contributed by atoms with Crippen LogP contribution in [0.15, 0.2) is 22.5 Å². The van der Waals surface area contributed by atoms with E-state index in [0.29, 0.717) is 0 Å². The van der Waals surface area contributed by atoms with Crippen LogP contribution in [0.5, 0.6) is 0 Å². The first kappa shape index (κ1) is 19.7. The molecule has 0 radical (unpaired) electrons. The molecule has 3 rings (SSSR count). The van der Waals surface area contributed by atoms with E-state index in [1.54, 1.807) is 11.3 Å². The molecule has 1 aliphatic carbocycles. The number of aryl methyl sites for hydroxylation is 3. The number of fused-ring (bicyclic) bond motifs is 1. The van der Waals surface area contributed by atoms with Gasteiger partial charge in [-0.3, -0.25) is 4.99 Å². The second kappa shape index (κ2) is 10.4. The second-order valence-corrected chi connectivity index (χ2v) is 7.92. The van der Waals surface area contributed by atoms with E-state index in [0.717, 1.165) is 31.9 Å². The second-order valence-electron chi connectivity index (χ2n) is 5.72. The first-order valence-electron chi connectivity index (χ1n) is 8.29. The Morgan fingerprint density at radius 2 is 2.17 bits per heavy atom. The number of halogens is 1. The lowest BCUT2D eigenvalue weighted by molar-refractivity contribution is 0.678. The van der Waals surface area contributed by atoms with E-state index in [1.165, 1.54) is 46.1 Å². The average Bonchev–Trinajstić information content (AvgIpc) is 3.23. The van der Waals surface area contributed by atoms with E-state index in [-0.39, 0.29) is 24.0 Å². The summed E-state index contributed by atoms with van der Waals surface area (Å²) in [6.45, 7) is 1.75. The van der Waals surface area contributed by atoms with Crippen molar-refractivity contribution in [2.45, 2.75) is 45.1 Å². The molecule has 0 saturated carbocycles. The topological polar surface area (TPSA) is 49.3 Å². The predicted molar refractivity (Wildman–Crippen MR) is 115 cm³/mol. The van der Waals surface area contributed by atoms with Gasteiger partial charge in [-0.15, -0.1) is 46.7 Å². The van der Waals surface area contributed by atoms with Crippen LogP contribution >= 0.6 is 46.7 Å². The third kappa shape index (κ3) is 5.70. The summed E-state index contributed by atoms with van der Waals surface area (Å²) < 4.78 is 0. The molecular weight excluding hydrogens is 451 g/mol. The summed E-state index contributed by atoms with van der Waals surface area (Å²) in [6.07, 6.45) is 7.22. The Morgan fingerprint density at radius 1 is 1.29 bits per heavy atom. The van der Waals surface area contributed by atoms with Crippen molar-refractivity contribution in [3.05, 3.63) is 38.0 Å². The molecule has 0 amide bonds. The molecule has 0 spiro atoms. The highest BCUT2D eigenvalue weighted by Crippen LogP contribution is 2.27. The SMILES string of the molecule is CN=C(NCCCc1nc2c(s1)CCCC2)NCc1cccs1.I. The van der Waals surface area contributed by atoms with Gasteiger partial charge in [0.15, 0.2) is 5.96 Å². The van der Waals surface area contributed by atoms with Crippen LogP contribution in [0.3, 0.4) is 0 Å². The number of thiophene rings is 1. The maximum Gasteiger partial charge on any atom is 0.191 e. The van der Waals surface area contributed by atoms with Crippen LogP contribution in [0.4, 0.5) is 0 Å². The van der Waals surface area contributed by atoms with Gasteiger partial charge in [-0.1, -0.05) is 6.07 Å². The Bertz CT molecular complexity index is 614. The van der Waals surface area contributed by atoms with Crippen LogP contribution in [0.2, 0.25) is 0 Å². The van der Waals surface area contributed by atoms with Crippen molar-refractivity contribution in [3.63, 3.8) is 0 Å². The predicted octanol–water partition coefficient (Wildman–Crippen LogP) is 4.00. The van der Waals surface area contributed by atoms with E-state index >= 15 is 0 Å². The summed E-state index contributed by atoms with van der Waals surface area (Å²) >= 11 is 3.69. The number of hydrogen-bond acceptors (Lipinski definition) is 4. The molecule has 0 bridgehead atoms. The Balaban J connectivity index is 0.00000208. The van der Waals surface area contributed by atoms with Gasteiger partial charge in [-0.2, -0.15) is 0 Å². The van der Waals surface area contributed by atoms with Gasteiger partial charge in [0.05, 0.1) is 17.2 Å². The van der Waals surface area contributed by atoms with Gasteiger partial charge in [0.1, 0.15) is 0 Å². The van der Waals surface area contributed by atoms with E-state index in [9.17, 15) is 0 Å². The molecule has 0 atom stereocenters. The lowest BCUT2D eigenvalue weighted by Crippen LogP contribution is -2.37. The molecule has 2 aromatic rings. The van der Waals surface area contributed by atoms with Gasteiger partial charge < -0.3 is 10.6 Å². The molecule has 0 unspecified atom stereocenters. The van der Waals surface area contributed by atoms with Crippen molar-refractivity contribution in [3.8, 4) is 0 Å². The van der Waals surface area contributed by atoms with Crippen molar-refractivity contribution < 1.29 is 0 Å². The standard InChI is InChI=1S/C17H24N4S2.HI/c1-18-17(20-12-13-6-5-11-22-13)19-10-4-9-16-21-14-7-2-3-8-15(14)23-16;/h5-6,11H,2-4,7-10,12H2,1H3,(H2,18,19,20);1H. The highest BCUT2D eigenvalue weighted by atomic mass is 127. The fourth-order valence-electron chi connectivity index (χ4n) is 2.76. The largest absolute Gasteiger partial charge is 0.356 e. The minimum atomic E-state index is 0. The van der Waals surface area contributed by atoms with Gasteiger partial charge in [-0.05, 0) is 43.6 Å². The van der Waals surface area contributed by atoms with Crippen molar-refractivity contribution in [2.24, 2.45) is 4.99 Å². The van der Waals surface area contributed by atoms with Crippen molar-refractivity contribution in [1.29, 1.82) is 0 Å². The first-order valence-corrected chi connectivity index (χ1v) is 9.99. The normalized spacial score (nSPS) is 14.0. The van der Waals surface area contributed by atoms with Gasteiger partial charge in [-0.25, -0.2) is 4.98 Å². The molecule has 0 saturated heterocycles. The third-order valence-corrected chi connectivity index (χ3v) is 6.08. The van der Waals surface area contributed by atoms with Crippen LogP contribution in [-0.2, 0) is 25.8 Å². The molecule has 2 aromatic heterocycles. The molecule has 1 aliphatic rings. The van der Waals surface area contributed by atoms with Gasteiger partial charge >= 0.3 is 0 Å². The maximum absolute atomic E-state index is 4.80. The highest BCUT2D eigenvalue weighted by molar-refractivity contribution is 14.0. The summed E-state index contributed by atoms with van der Waals surface area (Å²) in [7, 11) is 1.82. The van der Waals surface area contributed by atoms with Crippen LogP contribution in [0.25, 0.3) is 0 Å². The summed E-state index contributed by atoms with van der Waals surface area (Å²) in [4.78, 5) is 11.9. The number of nitrogens with one attached hydrogen (secondary N) is 2. The van der Waals surface area contributed by atoms with Crippen LogP contribution in [0.1, 0.15) is 39.7 Å². The van der Waals surface area contributed by atoms with Gasteiger partial charge in [0, 0.05) is 29.8 Å². The average molecular weight is 476 g/mol. The molecule has 2 heterocycles. The van der Waals surface area contributed by atoms with Crippen LogP contribution in [0, 0.1) is 0 Å². The van der Waals surface area contributed by atoms with Crippen molar-refractivity contribution >= 4 is 52.6 Å². The number of rotatable bonds is 6. The zero-order chi connectivity index (χ0) is 15.9. The smallest absolute Gasteiger partial charge is 0.191 e. The van der Waals surface area contributed by atoms with Crippen molar-refractivity contribution in [1.82, 2.24) is 15.6 Å². The zero-order valence-electron chi connectivity index (χ0n) is 14.0. The van der Waals surface area contributed by atoms with Gasteiger partial charge in [0.25, 0.3) is 0 Å². The van der Waals surface area contributed by atoms with E-state index < -0.39 is 0 Å². The molecule has 0 fully saturated rings. The molecule has 0 aliphatic heterocycles. The van der Waals surface area contributed by atoms with Gasteiger partial charge in [0.2, 0.25) is 0 Å². The third-order valence-electron chi connectivity index (χ3n) is 3.98. The number of aliphatic imine (C=N–C) groups is 1. The van der Waals surface area contributed by atoms with Crippen molar-refractivity contribution in [2.75, 3.05) is 13.6 Å². The molecule has 2 N–H and O–H groups in total. The first-order chi connectivity index (χ1) is 11.3. The Hall–Kier alpha value is -0.670. The number of nitrogens with zero attached hydrogens (tertiary/aromatic N) is 2. The summed E-state index contributed by atoms with van der Waals surface area (Å²) in [5.41, 5.74) is 1.37. The van der Waals surface area contributed by atoms with E-state index in [4.69, 9.17) is 4.98 Å². The van der Waals surface area contributed by atoms with Crippen LogP contribution < -0.4 is 10.6 Å². The lowest BCUT2D eigenvalue weighted by atomic mass is 10.0. The molecule has 7 heteroatoms. The fraction of sp³-hybridized carbons (Fsp3) is 0.529. The fourth-order valence-corrected chi connectivity index (χ4v) is 4.61. The minimum absolute atomic E-state index is 0. The highest BCUT2D eigenvalue weighted by Gasteiger charge is 2.14. The maximum atomic E-state index is 4.80. The number of hydrogen-bond donors (Lipinski definition) is 2. The Kier molecular flexibility index (Phi) is 8.48. The van der Waals surface area contributed by atoms with E-state index in [1.807, 2.05) is 18.4 Å². The summed E-state index contributed by atoms with van der Waals surface area (Å²) in [5.74, 6) is 0.872. The minimum Gasteiger partial charge on any atom is -0.356 e. The van der Waals surface area contributed by atoms with E-state index in [2.05, 4.69) is 33.1 Å². The molecule has 24 heavy (non-hydrogen) atoms. The summed E-state index contributed by atoms with van der Waals surface area (Å²) in [5, 5.41) is 10.1. The number of aromatic nitrogens is 1. The number of guanidine groups is 1. The van der Waals surface area contributed by atoms with Crippen LogP contribution in [-0.4, -0.2) is 24.5 Å².